The van der Waals surface area contributed by atoms with Gasteiger partial charge in [0.25, 0.3) is 17.7 Å². The number of carbonyl (C=O) groups excluding carboxylic acids is 4. The molecule has 0 radical (unpaired) electrons. The summed E-state index contributed by atoms with van der Waals surface area (Å²) in [6.07, 6.45) is 1.66. The number of aliphatic hydroxyl groups excluding tert-OH is 1. The molecule has 9 rings (SSSR count). The van der Waals surface area contributed by atoms with E-state index in [1.165, 1.54) is 0 Å². The SMILES string of the molecule is C[C@H]1C[C@@H](CC(=O)N2CCC[C@H]2CO)O[C@]12C(=O)N(Cc1ccc(N3C(=O)COc4ccccc43)cc1)c1ccc(N3C(=O)COc4ccccc43)cc12. The molecule has 12 heteroatoms. The number of likely N-dealkylation sites (tertiary alicyclic amines) is 1. The second-order valence-electron chi connectivity index (χ2n) is 14.6. The maximum absolute atomic E-state index is 14.9. The number of fused-ring (bicyclic) bond motifs is 4. The molecule has 5 aliphatic rings. The Morgan fingerprint density at radius 3 is 2.11 bits per heavy atom. The van der Waals surface area contributed by atoms with E-state index in [0.717, 1.165) is 18.4 Å². The summed E-state index contributed by atoms with van der Waals surface area (Å²) in [6, 6.07) is 27.7. The highest BCUT2D eigenvalue weighted by Crippen LogP contribution is 2.55. The Hall–Kier alpha value is -5.72. The zero-order chi connectivity index (χ0) is 37.1. The Labute approximate surface area is 312 Å². The number of nitrogens with zero attached hydrogens (tertiary/aromatic N) is 4. The van der Waals surface area contributed by atoms with E-state index in [2.05, 4.69) is 0 Å². The third kappa shape index (κ3) is 5.42. The lowest BCUT2D eigenvalue weighted by molar-refractivity contribution is -0.150. The molecule has 4 aromatic rings. The van der Waals surface area contributed by atoms with Gasteiger partial charge in [0, 0.05) is 29.4 Å². The fourth-order valence-corrected chi connectivity index (χ4v) is 8.85. The van der Waals surface area contributed by atoms with Crippen LogP contribution in [0.2, 0.25) is 0 Å². The zero-order valence-corrected chi connectivity index (χ0v) is 29.9. The van der Waals surface area contributed by atoms with Crippen LogP contribution in [0, 0.1) is 5.92 Å². The fraction of sp³-hybridized carbons (Fsp3) is 0.333. The number of carbonyl (C=O) groups is 4. The molecule has 1 spiro atoms. The van der Waals surface area contributed by atoms with Crippen LogP contribution in [0.3, 0.4) is 0 Å². The smallest absolute Gasteiger partial charge is 0.269 e. The normalized spacial score (nSPS) is 24.4. The van der Waals surface area contributed by atoms with Crippen molar-refractivity contribution in [2.75, 3.05) is 41.1 Å². The largest absolute Gasteiger partial charge is 0.482 e. The van der Waals surface area contributed by atoms with Gasteiger partial charge in [-0.15, -0.1) is 0 Å². The van der Waals surface area contributed by atoms with Crippen molar-refractivity contribution in [3.63, 3.8) is 0 Å². The number of para-hydroxylation sites is 4. The molecular weight excluding hydrogens is 688 g/mol. The van der Waals surface area contributed by atoms with Crippen LogP contribution < -0.4 is 24.2 Å². The van der Waals surface area contributed by atoms with Crippen molar-refractivity contribution < 1.29 is 38.5 Å². The predicted octanol–water partition coefficient (Wildman–Crippen LogP) is 5.34. The maximum Gasteiger partial charge on any atom is 0.269 e. The number of rotatable bonds is 7. The van der Waals surface area contributed by atoms with Gasteiger partial charge in [0.05, 0.1) is 48.8 Å². The topological polar surface area (TPSA) is 129 Å². The van der Waals surface area contributed by atoms with Crippen molar-refractivity contribution in [3.05, 3.63) is 102 Å². The molecule has 0 saturated carbocycles. The molecule has 0 bridgehead atoms. The third-order valence-corrected chi connectivity index (χ3v) is 11.4. The van der Waals surface area contributed by atoms with Crippen molar-refractivity contribution in [3.8, 4) is 11.5 Å². The van der Waals surface area contributed by atoms with E-state index in [0.29, 0.717) is 58.5 Å². The molecule has 0 unspecified atom stereocenters. The molecule has 4 aromatic carbocycles. The highest BCUT2D eigenvalue weighted by atomic mass is 16.5. The summed E-state index contributed by atoms with van der Waals surface area (Å²) in [6.45, 7) is 2.54. The summed E-state index contributed by atoms with van der Waals surface area (Å²) in [5.41, 5.74) is 3.30. The first-order valence-electron chi connectivity index (χ1n) is 18.5. The zero-order valence-electron chi connectivity index (χ0n) is 29.9. The van der Waals surface area contributed by atoms with Crippen molar-refractivity contribution >= 4 is 52.1 Å². The summed E-state index contributed by atoms with van der Waals surface area (Å²) in [5.74, 6) is 0.182. The molecule has 1 N–H and O–H groups in total. The quantitative estimate of drug-likeness (QED) is 0.270. The van der Waals surface area contributed by atoms with Gasteiger partial charge < -0.3 is 29.1 Å². The van der Waals surface area contributed by atoms with Crippen LogP contribution in [-0.4, -0.2) is 72.1 Å². The van der Waals surface area contributed by atoms with E-state index in [-0.39, 0.29) is 68.4 Å². The molecule has 0 aromatic heterocycles. The Morgan fingerprint density at radius 2 is 1.44 bits per heavy atom. The molecule has 5 heterocycles. The Balaban J connectivity index is 1.06. The molecule has 2 fully saturated rings. The standard InChI is InChI=1S/C42H40N4O8/c1-26-19-31(21-38(48)43-18-6-7-30(43)23-47)54-42(26)32-20-29(46-35-9-3-5-11-37(35)53-25-40(46)50)16-17-33(32)44(41(42)51)22-27-12-14-28(15-13-27)45-34-8-2-4-10-36(34)52-24-39(45)49/h2-5,8-17,20,26,30-31,47H,6-7,18-19,21-25H2,1H3/t26-,30-,31-,42+/m0/s1. The summed E-state index contributed by atoms with van der Waals surface area (Å²) in [4.78, 5) is 61.5. The second kappa shape index (κ2) is 13.3. The molecule has 2 saturated heterocycles. The number of anilines is 5. The van der Waals surface area contributed by atoms with Crippen LogP contribution in [0.15, 0.2) is 91.0 Å². The summed E-state index contributed by atoms with van der Waals surface area (Å²) in [5, 5.41) is 9.86. The van der Waals surface area contributed by atoms with Crippen LogP contribution in [0.25, 0.3) is 0 Å². The van der Waals surface area contributed by atoms with Gasteiger partial charge in [0.15, 0.2) is 18.8 Å². The van der Waals surface area contributed by atoms with Crippen molar-refractivity contribution in [2.24, 2.45) is 5.92 Å². The number of hydrogen-bond donors (Lipinski definition) is 1. The number of amides is 4. The van der Waals surface area contributed by atoms with Crippen molar-refractivity contribution in [2.45, 2.75) is 56.9 Å². The first kappa shape index (κ1) is 34.1. The second-order valence-corrected chi connectivity index (χ2v) is 14.6. The summed E-state index contributed by atoms with van der Waals surface area (Å²) >= 11 is 0. The van der Waals surface area contributed by atoms with Crippen LogP contribution in [-0.2, 0) is 36.1 Å². The van der Waals surface area contributed by atoms with Crippen LogP contribution in [0.4, 0.5) is 28.4 Å². The minimum atomic E-state index is -1.39. The Kier molecular flexibility index (Phi) is 8.39. The van der Waals surface area contributed by atoms with E-state index in [4.69, 9.17) is 14.2 Å². The molecule has 0 aliphatic carbocycles. The number of hydrogen-bond acceptors (Lipinski definition) is 8. The highest BCUT2D eigenvalue weighted by molar-refractivity contribution is 6.10. The van der Waals surface area contributed by atoms with E-state index >= 15 is 0 Å². The molecular formula is C42H40N4O8. The monoisotopic (exact) mass is 728 g/mol. The molecule has 276 valence electrons. The lowest BCUT2D eigenvalue weighted by Gasteiger charge is -2.31. The number of benzene rings is 4. The van der Waals surface area contributed by atoms with E-state index in [1.54, 1.807) is 19.6 Å². The van der Waals surface area contributed by atoms with Crippen molar-refractivity contribution in [1.82, 2.24) is 4.90 Å². The number of aliphatic hydroxyl groups is 1. The van der Waals surface area contributed by atoms with Gasteiger partial charge in [-0.1, -0.05) is 43.3 Å². The van der Waals surface area contributed by atoms with Gasteiger partial charge in [-0.2, -0.15) is 0 Å². The minimum Gasteiger partial charge on any atom is -0.482 e. The molecule has 54 heavy (non-hydrogen) atoms. The van der Waals surface area contributed by atoms with Gasteiger partial charge in [0.2, 0.25) is 5.91 Å². The predicted molar refractivity (Wildman–Crippen MR) is 199 cm³/mol. The first-order valence-corrected chi connectivity index (χ1v) is 18.5. The molecule has 5 aliphatic heterocycles. The molecule has 4 atom stereocenters. The van der Waals surface area contributed by atoms with Crippen LogP contribution in [0.1, 0.15) is 43.7 Å². The van der Waals surface area contributed by atoms with E-state index in [1.807, 2.05) is 97.9 Å². The lowest BCUT2D eigenvalue weighted by Crippen LogP contribution is -2.44. The highest BCUT2D eigenvalue weighted by Gasteiger charge is 2.60. The van der Waals surface area contributed by atoms with E-state index < -0.39 is 11.7 Å². The maximum atomic E-state index is 14.9. The third-order valence-electron chi connectivity index (χ3n) is 11.4. The van der Waals surface area contributed by atoms with Gasteiger partial charge in [-0.3, -0.25) is 29.0 Å². The van der Waals surface area contributed by atoms with Gasteiger partial charge >= 0.3 is 0 Å². The van der Waals surface area contributed by atoms with Gasteiger partial charge in [-0.25, -0.2) is 0 Å². The average molecular weight is 729 g/mol. The van der Waals surface area contributed by atoms with Gasteiger partial charge in [0.1, 0.15) is 11.5 Å². The van der Waals surface area contributed by atoms with Crippen molar-refractivity contribution in [1.29, 1.82) is 0 Å². The minimum absolute atomic E-state index is 0.0612. The number of ether oxygens (including phenoxy) is 3. The van der Waals surface area contributed by atoms with Crippen LogP contribution in [0.5, 0.6) is 11.5 Å². The summed E-state index contributed by atoms with van der Waals surface area (Å²) in [7, 11) is 0. The fourth-order valence-electron chi connectivity index (χ4n) is 8.85. The lowest BCUT2D eigenvalue weighted by atomic mass is 9.82. The summed E-state index contributed by atoms with van der Waals surface area (Å²) < 4.78 is 18.2. The Morgan fingerprint density at radius 1 is 0.815 bits per heavy atom. The Bertz CT molecular complexity index is 2170. The van der Waals surface area contributed by atoms with E-state index in [9.17, 15) is 24.3 Å². The average Bonchev–Trinajstić information content (AvgIpc) is 3.87. The first-order chi connectivity index (χ1) is 26.3. The van der Waals surface area contributed by atoms with Gasteiger partial charge in [-0.05, 0) is 79.4 Å². The molecule has 4 amide bonds. The van der Waals surface area contributed by atoms with Crippen LogP contribution >= 0.6 is 0 Å². The molecule has 12 nitrogen and oxygen atoms in total.